The van der Waals surface area contributed by atoms with E-state index in [0.717, 1.165) is 5.69 Å². The fraction of sp³-hybridized carbons (Fsp3) is 0.217. The van der Waals surface area contributed by atoms with E-state index in [9.17, 15) is 19.2 Å². The van der Waals surface area contributed by atoms with Gasteiger partial charge in [-0.1, -0.05) is 18.2 Å². The number of para-hydroxylation sites is 1. The van der Waals surface area contributed by atoms with E-state index >= 15 is 0 Å². The summed E-state index contributed by atoms with van der Waals surface area (Å²) < 4.78 is 5.07. The van der Waals surface area contributed by atoms with Gasteiger partial charge in [0.1, 0.15) is 11.6 Å². The molecule has 0 aliphatic carbocycles. The Hall–Kier alpha value is -3.94. The molecule has 8 heteroatoms. The van der Waals surface area contributed by atoms with Crippen LogP contribution in [0.25, 0.3) is 11.0 Å². The molecule has 2 N–H and O–H groups in total. The molecule has 31 heavy (non-hydrogen) atoms. The maximum Gasteiger partial charge on any atom is 0.336 e. The summed E-state index contributed by atoms with van der Waals surface area (Å²) >= 11 is 0. The molecule has 4 rings (SSSR count). The van der Waals surface area contributed by atoms with Gasteiger partial charge >= 0.3 is 5.63 Å². The number of hydrogen-bond donors (Lipinski definition) is 2. The molecule has 3 amide bonds. The Morgan fingerprint density at radius 2 is 1.84 bits per heavy atom. The third-order valence-electron chi connectivity index (χ3n) is 5.20. The van der Waals surface area contributed by atoms with Crippen LogP contribution >= 0.6 is 0 Å². The van der Waals surface area contributed by atoms with Crippen LogP contribution in [-0.4, -0.2) is 30.3 Å². The van der Waals surface area contributed by atoms with Crippen LogP contribution in [0, 0.1) is 5.92 Å². The third-order valence-corrected chi connectivity index (χ3v) is 5.20. The summed E-state index contributed by atoms with van der Waals surface area (Å²) in [5.41, 5.74) is 1.23. The Bertz CT molecular complexity index is 1200. The lowest BCUT2D eigenvalue weighted by Crippen LogP contribution is -2.44. The highest BCUT2D eigenvalue weighted by atomic mass is 16.4. The van der Waals surface area contributed by atoms with Crippen molar-refractivity contribution in [2.24, 2.45) is 5.92 Å². The van der Waals surface area contributed by atoms with Gasteiger partial charge in [0, 0.05) is 35.8 Å². The van der Waals surface area contributed by atoms with Crippen LogP contribution in [0.4, 0.5) is 11.4 Å². The van der Waals surface area contributed by atoms with Gasteiger partial charge in [0.05, 0.1) is 5.92 Å². The number of carbonyl (C=O) groups excluding carboxylic acids is 3. The predicted octanol–water partition coefficient (Wildman–Crippen LogP) is 2.29. The molecule has 1 aliphatic heterocycles. The van der Waals surface area contributed by atoms with Crippen molar-refractivity contribution < 1.29 is 18.8 Å². The average Bonchev–Trinajstić information content (AvgIpc) is 3.16. The lowest BCUT2D eigenvalue weighted by Gasteiger charge is -2.18. The summed E-state index contributed by atoms with van der Waals surface area (Å²) in [5.74, 6) is -1.37. The first-order valence-electron chi connectivity index (χ1n) is 9.91. The Morgan fingerprint density at radius 1 is 1.06 bits per heavy atom. The van der Waals surface area contributed by atoms with Crippen LogP contribution in [-0.2, 0) is 14.4 Å². The van der Waals surface area contributed by atoms with Crippen molar-refractivity contribution in [3.63, 3.8) is 0 Å². The molecule has 3 aromatic rings. The smallest absolute Gasteiger partial charge is 0.336 e. The van der Waals surface area contributed by atoms with Crippen LogP contribution in [0.3, 0.4) is 0 Å². The Morgan fingerprint density at radius 3 is 2.61 bits per heavy atom. The van der Waals surface area contributed by atoms with Gasteiger partial charge in [-0.05, 0) is 43.3 Å². The van der Waals surface area contributed by atoms with Gasteiger partial charge in [0.25, 0.3) is 0 Å². The number of nitrogens with one attached hydrogen (secondary N) is 2. The van der Waals surface area contributed by atoms with Gasteiger partial charge in [0.15, 0.2) is 0 Å². The highest BCUT2D eigenvalue weighted by Crippen LogP contribution is 2.25. The Kier molecular flexibility index (Phi) is 5.53. The number of rotatable bonds is 5. The molecular weight excluding hydrogens is 398 g/mol. The largest absolute Gasteiger partial charge is 0.423 e. The summed E-state index contributed by atoms with van der Waals surface area (Å²) in [4.78, 5) is 50.3. The molecule has 2 aromatic carbocycles. The fourth-order valence-corrected chi connectivity index (χ4v) is 3.54. The van der Waals surface area contributed by atoms with Crippen LogP contribution in [0.1, 0.15) is 13.3 Å². The van der Waals surface area contributed by atoms with Crippen molar-refractivity contribution in [1.82, 2.24) is 5.32 Å². The zero-order valence-electron chi connectivity index (χ0n) is 16.8. The van der Waals surface area contributed by atoms with Crippen molar-refractivity contribution in [3.8, 4) is 0 Å². The molecule has 0 radical (unpaired) electrons. The Balaban J connectivity index is 1.36. The highest BCUT2D eigenvalue weighted by molar-refractivity contribution is 6.02. The second kappa shape index (κ2) is 8.43. The van der Waals surface area contributed by atoms with Crippen LogP contribution in [0.15, 0.2) is 69.9 Å². The number of amides is 3. The molecule has 2 heterocycles. The minimum atomic E-state index is -0.794. The lowest BCUT2D eigenvalue weighted by molar-refractivity contribution is -0.129. The van der Waals surface area contributed by atoms with Crippen molar-refractivity contribution in [3.05, 3.63) is 71.1 Å². The standard InChI is InChI=1S/C23H21N3O5/c1-14(22(29)25-17-8-9-19-15(11-17)7-10-21(28)31-19)24-23(30)16-12-20(27)26(13-16)18-5-3-2-4-6-18/h2-11,14,16H,12-13H2,1H3,(H,24,30)(H,25,29)/t14-,16+/m0/s1. The second-order valence-electron chi connectivity index (χ2n) is 7.47. The SMILES string of the molecule is C[C@H](NC(=O)[C@@H]1CC(=O)N(c2ccccc2)C1)C(=O)Nc1ccc2oc(=O)ccc2c1. The van der Waals surface area contributed by atoms with E-state index in [1.165, 1.54) is 6.07 Å². The molecular formula is C23H21N3O5. The topological polar surface area (TPSA) is 109 Å². The molecule has 1 fully saturated rings. The number of fused-ring (bicyclic) bond motifs is 1. The maximum absolute atomic E-state index is 12.6. The van der Waals surface area contributed by atoms with Gasteiger partial charge in [-0.15, -0.1) is 0 Å². The molecule has 1 aromatic heterocycles. The number of anilines is 2. The fourth-order valence-electron chi connectivity index (χ4n) is 3.54. The van der Waals surface area contributed by atoms with Crippen molar-refractivity contribution in [1.29, 1.82) is 0 Å². The van der Waals surface area contributed by atoms with E-state index in [4.69, 9.17) is 4.42 Å². The first-order chi connectivity index (χ1) is 14.9. The number of carbonyl (C=O) groups is 3. The van der Waals surface area contributed by atoms with E-state index in [2.05, 4.69) is 10.6 Å². The van der Waals surface area contributed by atoms with E-state index in [1.54, 1.807) is 36.1 Å². The molecule has 1 saturated heterocycles. The van der Waals surface area contributed by atoms with Crippen LogP contribution in [0.5, 0.6) is 0 Å². The quantitative estimate of drug-likeness (QED) is 0.617. The summed E-state index contributed by atoms with van der Waals surface area (Å²) in [7, 11) is 0. The van der Waals surface area contributed by atoms with Gasteiger partial charge in [0.2, 0.25) is 17.7 Å². The zero-order valence-corrected chi connectivity index (χ0v) is 16.8. The molecule has 0 saturated carbocycles. The summed E-state index contributed by atoms with van der Waals surface area (Å²) in [6.45, 7) is 1.86. The maximum atomic E-state index is 12.6. The molecule has 0 bridgehead atoms. The minimum Gasteiger partial charge on any atom is -0.423 e. The molecule has 1 aliphatic rings. The van der Waals surface area contributed by atoms with E-state index < -0.39 is 23.5 Å². The summed E-state index contributed by atoms with van der Waals surface area (Å²) in [5, 5.41) is 6.09. The van der Waals surface area contributed by atoms with Gasteiger partial charge in [-0.25, -0.2) is 4.79 Å². The third kappa shape index (κ3) is 4.48. The molecule has 2 atom stereocenters. The lowest BCUT2D eigenvalue weighted by atomic mass is 10.1. The van der Waals surface area contributed by atoms with Crippen molar-refractivity contribution in [2.75, 3.05) is 16.8 Å². The van der Waals surface area contributed by atoms with E-state index in [0.29, 0.717) is 16.7 Å². The number of benzene rings is 2. The second-order valence-corrected chi connectivity index (χ2v) is 7.47. The van der Waals surface area contributed by atoms with Crippen molar-refractivity contribution in [2.45, 2.75) is 19.4 Å². The molecule has 0 spiro atoms. The predicted molar refractivity (Wildman–Crippen MR) is 116 cm³/mol. The van der Waals surface area contributed by atoms with Crippen molar-refractivity contribution >= 4 is 40.1 Å². The zero-order chi connectivity index (χ0) is 22.0. The normalized spacial score (nSPS) is 16.9. The van der Waals surface area contributed by atoms with E-state index in [1.807, 2.05) is 30.3 Å². The van der Waals surface area contributed by atoms with Gasteiger partial charge in [-0.2, -0.15) is 0 Å². The summed E-state index contributed by atoms with van der Waals surface area (Å²) in [6.07, 6.45) is 0.102. The number of nitrogens with zero attached hydrogens (tertiary/aromatic N) is 1. The highest BCUT2D eigenvalue weighted by Gasteiger charge is 2.35. The molecule has 8 nitrogen and oxygen atoms in total. The first kappa shape index (κ1) is 20.3. The van der Waals surface area contributed by atoms with E-state index in [-0.39, 0.29) is 24.8 Å². The van der Waals surface area contributed by atoms with Gasteiger partial charge < -0.3 is 20.0 Å². The Labute approximate surface area is 177 Å². The van der Waals surface area contributed by atoms with Gasteiger partial charge in [-0.3, -0.25) is 14.4 Å². The molecule has 0 unspecified atom stereocenters. The first-order valence-corrected chi connectivity index (χ1v) is 9.91. The number of hydrogen-bond acceptors (Lipinski definition) is 5. The monoisotopic (exact) mass is 419 g/mol. The van der Waals surface area contributed by atoms with Crippen LogP contribution < -0.4 is 21.2 Å². The van der Waals surface area contributed by atoms with Crippen LogP contribution in [0.2, 0.25) is 0 Å². The molecule has 158 valence electrons. The summed E-state index contributed by atoms with van der Waals surface area (Å²) in [6, 6.07) is 16.2. The minimum absolute atomic E-state index is 0.102. The average molecular weight is 419 g/mol.